The van der Waals surface area contributed by atoms with E-state index in [1.54, 1.807) is 23.1 Å². The molecule has 4 rings (SSSR count). The number of rotatable bonds is 4. The summed E-state index contributed by atoms with van der Waals surface area (Å²) in [6.07, 6.45) is 3.05. The van der Waals surface area contributed by atoms with Crippen molar-refractivity contribution in [2.45, 2.75) is 24.3 Å². The molecule has 3 nitrogen and oxygen atoms in total. The van der Waals surface area contributed by atoms with Gasteiger partial charge in [-0.3, -0.25) is 0 Å². The molecule has 1 unspecified atom stereocenters. The summed E-state index contributed by atoms with van der Waals surface area (Å²) in [6.45, 7) is 2.09. The van der Waals surface area contributed by atoms with Crippen molar-refractivity contribution in [2.24, 2.45) is 5.10 Å². The van der Waals surface area contributed by atoms with Gasteiger partial charge in [0, 0.05) is 28.0 Å². The van der Waals surface area contributed by atoms with Crippen molar-refractivity contribution in [3.05, 3.63) is 65.5 Å². The van der Waals surface area contributed by atoms with Crippen LogP contribution in [-0.4, -0.2) is 17.0 Å². The Morgan fingerprint density at radius 1 is 1.08 bits per heavy atom. The van der Waals surface area contributed by atoms with Gasteiger partial charge in [0.1, 0.15) is 0 Å². The summed E-state index contributed by atoms with van der Waals surface area (Å²) in [5.41, 5.74) is 4.59. The molecule has 1 aromatic heterocycles. The SMILES string of the molecule is CSc1ccc(C2CC(C)=NN2c2nc(-c3ccccc3)cs2)cc1. The maximum absolute atomic E-state index is 4.84. The molecule has 1 aliphatic heterocycles. The molecule has 25 heavy (non-hydrogen) atoms. The normalized spacial score (nSPS) is 17.0. The van der Waals surface area contributed by atoms with Gasteiger partial charge in [0.05, 0.1) is 11.7 Å². The summed E-state index contributed by atoms with van der Waals surface area (Å²) >= 11 is 3.42. The minimum atomic E-state index is 0.227. The summed E-state index contributed by atoms with van der Waals surface area (Å²) in [6, 6.07) is 19.3. The molecule has 1 aliphatic rings. The number of thiazole rings is 1. The molecule has 126 valence electrons. The summed E-state index contributed by atoms with van der Waals surface area (Å²) in [5.74, 6) is 0. The Kier molecular flexibility index (Phi) is 4.59. The summed E-state index contributed by atoms with van der Waals surface area (Å²) < 4.78 is 0. The molecule has 0 radical (unpaired) electrons. The van der Waals surface area contributed by atoms with Gasteiger partial charge in [-0.2, -0.15) is 5.10 Å². The first-order chi connectivity index (χ1) is 12.2. The van der Waals surface area contributed by atoms with Crippen molar-refractivity contribution in [3.63, 3.8) is 0 Å². The fourth-order valence-electron chi connectivity index (χ4n) is 3.03. The van der Waals surface area contributed by atoms with Crippen LogP contribution in [0.25, 0.3) is 11.3 Å². The third-order valence-corrected chi connectivity index (χ3v) is 5.89. The van der Waals surface area contributed by atoms with Gasteiger partial charge in [0.15, 0.2) is 0 Å². The van der Waals surface area contributed by atoms with E-state index in [1.165, 1.54) is 10.5 Å². The van der Waals surface area contributed by atoms with Crippen molar-refractivity contribution in [1.82, 2.24) is 4.98 Å². The lowest BCUT2D eigenvalue weighted by atomic mass is 10.0. The fourth-order valence-corrected chi connectivity index (χ4v) is 4.27. The Morgan fingerprint density at radius 2 is 1.84 bits per heavy atom. The van der Waals surface area contributed by atoms with Crippen molar-refractivity contribution >= 4 is 33.9 Å². The van der Waals surface area contributed by atoms with Crippen molar-refractivity contribution in [1.29, 1.82) is 0 Å². The molecule has 0 fully saturated rings. The number of nitrogens with zero attached hydrogens (tertiary/aromatic N) is 3. The van der Waals surface area contributed by atoms with Crippen LogP contribution in [0, 0.1) is 0 Å². The number of anilines is 1. The lowest BCUT2D eigenvalue weighted by molar-refractivity contribution is 0.705. The minimum Gasteiger partial charge on any atom is -0.231 e. The van der Waals surface area contributed by atoms with E-state index >= 15 is 0 Å². The molecular formula is C20H19N3S2. The number of hydrazone groups is 1. The number of hydrogen-bond acceptors (Lipinski definition) is 5. The van der Waals surface area contributed by atoms with E-state index in [4.69, 9.17) is 10.1 Å². The van der Waals surface area contributed by atoms with Crippen LogP contribution in [-0.2, 0) is 0 Å². The van der Waals surface area contributed by atoms with Crippen molar-refractivity contribution in [2.75, 3.05) is 11.3 Å². The monoisotopic (exact) mass is 365 g/mol. The maximum atomic E-state index is 4.84. The molecule has 1 atom stereocenters. The zero-order valence-electron chi connectivity index (χ0n) is 14.2. The van der Waals surface area contributed by atoms with Gasteiger partial charge in [-0.05, 0) is 30.9 Å². The molecule has 0 aliphatic carbocycles. The Labute approximate surface area is 156 Å². The van der Waals surface area contributed by atoms with Gasteiger partial charge < -0.3 is 0 Å². The van der Waals surface area contributed by atoms with Crippen LogP contribution in [0.3, 0.4) is 0 Å². The van der Waals surface area contributed by atoms with E-state index in [9.17, 15) is 0 Å². The molecule has 0 N–H and O–H groups in total. The third-order valence-electron chi connectivity index (χ3n) is 4.32. The molecule has 3 aromatic rings. The molecule has 0 bridgehead atoms. The van der Waals surface area contributed by atoms with E-state index in [0.717, 1.165) is 28.5 Å². The number of benzene rings is 2. The van der Waals surface area contributed by atoms with E-state index in [-0.39, 0.29) is 6.04 Å². The molecule has 0 saturated carbocycles. The highest BCUT2D eigenvalue weighted by atomic mass is 32.2. The topological polar surface area (TPSA) is 28.5 Å². The van der Waals surface area contributed by atoms with Crippen molar-refractivity contribution < 1.29 is 0 Å². The molecular weight excluding hydrogens is 346 g/mol. The van der Waals surface area contributed by atoms with Gasteiger partial charge in [0.25, 0.3) is 0 Å². The summed E-state index contributed by atoms with van der Waals surface area (Å²) in [5, 5.41) is 9.91. The van der Waals surface area contributed by atoms with Gasteiger partial charge in [-0.15, -0.1) is 23.1 Å². The second-order valence-corrected chi connectivity index (χ2v) is 7.77. The van der Waals surface area contributed by atoms with E-state index in [0.29, 0.717) is 0 Å². The summed E-state index contributed by atoms with van der Waals surface area (Å²) in [4.78, 5) is 6.12. The minimum absolute atomic E-state index is 0.227. The van der Waals surface area contributed by atoms with Crippen LogP contribution < -0.4 is 5.01 Å². The molecule has 2 aromatic carbocycles. The fraction of sp³-hybridized carbons (Fsp3) is 0.200. The lowest BCUT2D eigenvalue weighted by Gasteiger charge is -2.21. The van der Waals surface area contributed by atoms with Crippen LogP contribution >= 0.6 is 23.1 Å². The first kappa shape index (κ1) is 16.4. The van der Waals surface area contributed by atoms with E-state index in [1.807, 2.05) is 18.2 Å². The Morgan fingerprint density at radius 3 is 2.56 bits per heavy atom. The maximum Gasteiger partial charge on any atom is 0.207 e. The smallest absolute Gasteiger partial charge is 0.207 e. The average molecular weight is 366 g/mol. The Balaban J connectivity index is 1.64. The second kappa shape index (κ2) is 7.02. The number of aromatic nitrogens is 1. The second-order valence-electron chi connectivity index (χ2n) is 6.05. The Hall–Kier alpha value is -2.11. The molecule has 0 saturated heterocycles. The molecule has 2 heterocycles. The van der Waals surface area contributed by atoms with Crippen molar-refractivity contribution in [3.8, 4) is 11.3 Å². The molecule has 5 heteroatoms. The van der Waals surface area contributed by atoms with Gasteiger partial charge >= 0.3 is 0 Å². The van der Waals surface area contributed by atoms with Gasteiger partial charge in [-0.1, -0.05) is 42.5 Å². The third kappa shape index (κ3) is 3.34. The predicted octanol–water partition coefficient (Wildman–Crippen LogP) is 5.86. The van der Waals surface area contributed by atoms with Gasteiger partial charge in [0.2, 0.25) is 5.13 Å². The summed E-state index contributed by atoms with van der Waals surface area (Å²) in [7, 11) is 0. The highest BCUT2D eigenvalue weighted by Crippen LogP contribution is 2.38. The van der Waals surface area contributed by atoms with Crippen LogP contribution in [0.1, 0.15) is 24.9 Å². The number of hydrogen-bond donors (Lipinski definition) is 0. The van der Waals surface area contributed by atoms with Gasteiger partial charge in [-0.25, -0.2) is 9.99 Å². The van der Waals surface area contributed by atoms with E-state index < -0.39 is 0 Å². The zero-order chi connectivity index (χ0) is 17.2. The zero-order valence-corrected chi connectivity index (χ0v) is 15.8. The Bertz CT molecular complexity index is 885. The van der Waals surface area contributed by atoms with E-state index in [2.05, 4.69) is 60.0 Å². The van der Waals surface area contributed by atoms with Crippen LogP contribution in [0.5, 0.6) is 0 Å². The first-order valence-corrected chi connectivity index (χ1v) is 10.3. The highest BCUT2D eigenvalue weighted by Gasteiger charge is 2.29. The molecule has 0 amide bonds. The largest absolute Gasteiger partial charge is 0.231 e. The first-order valence-electron chi connectivity index (χ1n) is 8.23. The van der Waals surface area contributed by atoms with Crippen LogP contribution in [0.15, 0.2) is 70.0 Å². The quantitative estimate of drug-likeness (QED) is 0.542. The lowest BCUT2D eigenvalue weighted by Crippen LogP contribution is -2.18. The standard InChI is InChI=1S/C20H19N3S2/c1-14-12-19(16-8-10-17(24-2)11-9-16)23(22-14)20-21-18(13-25-20)15-6-4-3-5-7-15/h3-11,13,19H,12H2,1-2H3. The van der Waals surface area contributed by atoms with Crippen LogP contribution in [0.4, 0.5) is 5.13 Å². The number of thioether (sulfide) groups is 1. The highest BCUT2D eigenvalue weighted by molar-refractivity contribution is 7.98. The van der Waals surface area contributed by atoms with Crippen LogP contribution in [0.2, 0.25) is 0 Å². The average Bonchev–Trinajstić information content (AvgIpc) is 3.29. The predicted molar refractivity (Wildman–Crippen MR) is 109 cm³/mol. The molecule has 0 spiro atoms.